The van der Waals surface area contributed by atoms with E-state index in [2.05, 4.69) is 15.0 Å². The molecule has 0 bridgehead atoms. The molecule has 35 heavy (non-hydrogen) atoms. The zero-order valence-corrected chi connectivity index (χ0v) is 19.8. The third-order valence-electron chi connectivity index (χ3n) is 5.93. The summed E-state index contributed by atoms with van der Waals surface area (Å²) in [6.07, 6.45) is 2.56. The van der Waals surface area contributed by atoms with E-state index < -0.39 is 11.4 Å². The lowest BCUT2D eigenvalue weighted by molar-refractivity contribution is 0.0240. The van der Waals surface area contributed by atoms with Crippen molar-refractivity contribution in [1.29, 1.82) is 0 Å². The molecule has 180 valence electrons. The SMILES string of the molecule is CC(C)(C)OC(=O)N1CCN(c2ncnc3c(F)c(-c4cccc5cc(F)ccc45)ncc23)CC1. The van der Waals surface area contributed by atoms with Gasteiger partial charge < -0.3 is 14.5 Å². The summed E-state index contributed by atoms with van der Waals surface area (Å²) in [6.45, 7) is 7.46. The van der Waals surface area contributed by atoms with Gasteiger partial charge in [-0.15, -0.1) is 0 Å². The molecule has 1 fully saturated rings. The molecule has 9 heteroatoms. The fraction of sp³-hybridized carbons (Fsp3) is 0.308. The largest absolute Gasteiger partial charge is 0.444 e. The number of hydrogen-bond acceptors (Lipinski definition) is 6. The number of carbonyl (C=O) groups excluding carboxylic acids is 1. The van der Waals surface area contributed by atoms with E-state index >= 15 is 4.39 Å². The van der Waals surface area contributed by atoms with Gasteiger partial charge in [0.15, 0.2) is 5.82 Å². The van der Waals surface area contributed by atoms with Gasteiger partial charge in [0.05, 0.1) is 5.39 Å². The number of fused-ring (bicyclic) bond motifs is 2. The van der Waals surface area contributed by atoms with Gasteiger partial charge in [-0.1, -0.05) is 24.3 Å². The van der Waals surface area contributed by atoms with Crippen molar-refractivity contribution < 1.29 is 18.3 Å². The van der Waals surface area contributed by atoms with E-state index in [1.807, 2.05) is 25.7 Å². The average Bonchev–Trinajstić information content (AvgIpc) is 2.83. The average molecular weight is 478 g/mol. The monoisotopic (exact) mass is 477 g/mol. The summed E-state index contributed by atoms with van der Waals surface area (Å²) in [4.78, 5) is 29.1. The lowest BCUT2D eigenvalue weighted by atomic mass is 10.0. The number of rotatable bonds is 2. The number of halogens is 2. The molecule has 0 unspecified atom stereocenters. The fourth-order valence-corrected chi connectivity index (χ4v) is 4.31. The van der Waals surface area contributed by atoms with Crippen molar-refractivity contribution in [3.63, 3.8) is 0 Å². The Labute approximate surface area is 201 Å². The first kappa shape index (κ1) is 22.9. The van der Waals surface area contributed by atoms with Crippen LogP contribution < -0.4 is 4.90 Å². The molecule has 7 nitrogen and oxygen atoms in total. The van der Waals surface area contributed by atoms with Crippen molar-refractivity contribution >= 4 is 33.6 Å². The zero-order valence-electron chi connectivity index (χ0n) is 19.8. The molecule has 1 saturated heterocycles. The fourth-order valence-electron chi connectivity index (χ4n) is 4.31. The Balaban J connectivity index is 1.46. The molecule has 2 aromatic carbocycles. The maximum Gasteiger partial charge on any atom is 0.410 e. The first-order chi connectivity index (χ1) is 16.7. The molecular formula is C26H25F2N5O2. The Bertz CT molecular complexity index is 1430. The Morgan fingerprint density at radius 1 is 0.971 bits per heavy atom. The molecule has 1 aliphatic rings. The summed E-state index contributed by atoms with van der Waals surface area (Å²) in [7, 11) is 0. The lowest BCUT2D eigenvalue weighted by Crippen LogP contribution is -2.50. The minimum atomic E-state index is -0.560. The maximum atomic E-state index is 15.7. The van der Waals surface area contributed by atoms with E-state index in [1.165, 1.54) is 18.5 Å². The van der Waals surface area contributed by atoms with Gasteiger partial charge in [-0.3, -0.25) is 4.98 Å². The van der Waals surface area contributed by atoms with E-state index in [4.69, 9.17) is 4.74 Å². The van der Waals surface area contributed by atoms with Crippen LogP contribution in [0.3, 0.4) is 0 Å². The van der Waals surface area contributed by atoms with Crippen molar-refractivity contribution in [2.45, 2.75) is 26.4 Å². The van der Waals surface area contributed by atoms with Crippen LogP contribution in [0.1, 0.15) is 20.8 Å². The second-order valence-electron chi connectivity index (χ2n) is 9.51. The number of pyridine rings is 1. The van der Waals surface area contributed by atoms with Crippen molar-refractivity contribution in [3.05, 3.63) is 60.6 Å². The molecule has 1 amide bonds. The van der Waals surface area contributed by atoms with Crippen molar-refractivity contribution in [3.8, 4) is 11.3 Å². The van der Waals surface area contributed by atoms with Crippen LogP contribution in [0.15, 0.2) is 48.9 Å². The van der Waals surface area contributed by atoms with Gasteiger partial charge in [-0.2, -0.15) is 0 Å². The first-order valence-electron chi connectivity index (χ1n) is 11.4. The number of carbonyl (C=O) groups is 1. The second kappa shape index (κ2) is 8.72. The minimum absolute atomic E-state index is 0.147. The summed E-state index contributed by atoms with van der Waals surface area (Å²) in [6, 6.07) is 9.67. The minimum Gasteiger partial charge on any atom is -0.444 e. The van der Waals surface area contributed by atoms with Gasteiger partial charge in [-0.25, -0.2) is 23.5 Å². The highest BCUT2D eigenvalue weighted by Gasteiger charge is 2.27. The number of benzene rings is 2. The van der Waals surface area contributed by atoms with Crippen LogP contribution in [0.2, 0.25) is 0 Å². The molecule has 0 spiro atoms. The molecule has 4 aromatic rings. The van der Waals surface area contributed by atoms with E-state index in [0.29, 0.717) is 53.7 Å². The van der Waals surface area contributed by atoms with E-state index in [1.54, 1.807) is 35.4 Å². The quantitative estimate of drug-likeness (QED) is 0.396. The smallest absolute Gasteiger partial charge is 0.410 e. The molecule has 0 atom stereocenters. The van der Waals surface area contributed by atoms with E-state index in [0.717, 1.165) is 0 Å². The molecule has 5 rings (SSSR count). The van der Waals surface area contributed by atoms with Crippen LogP contribution in [0.4, 0.5) is 19.4 Å². The number of anilines is 1. The number of amides is 1. The molecule has 0 N–H and O–H groups in total. The summed E-state index contributed by atoms with van der Waals surface area (Å²) >= 11 is 0. The van der Waals surface area contributed by atoms with Gasteiger partial charge in [0.25, 0.3) is 0 Å². The van der Waals surface area contributed by atoms with Gasteiger partial charge in [0.1, 0.15) is 34.8 Å². The van der Waals surface area contributed by atoms with Gasteiger partial charge in [0.2, 0.25) is 0 Å². The zero-order chi connectivity index (χ0) is 24.7. The first-order valence-corrected chi connectivity index (χ1v) is 11.4. The number of nitrogens with zero attached hydrogens (tertiary/aromatic N) is 5. The van der Waals surface area contributed by atoms with Crippen LogP contribution in [0.5, 0.6) is 0 Å². The van der Waals surface area contributed by atoms with Crippen LogP contribution in [-0.4, -0.2) is 57.7 Å². The number of hydrogen-bond donors (Lipinski definition) is 0. The number of piperazine rings is 1. The molecule has 0 saturated carbocycles. The van der Waals surface area contributed by atoms with E-state index in [-0.39, 0.29) is 23.1 Å². The second-order valence-corrected chi connectivity index (χ2v) is 9.51. The Morgan fingerprint density at radius 2 is 1.74 bits per heavy atom. The maximum absolute atomic E-state index is 15.7. The lowest BCUT2D eigenvalue weighted by Gasteiger charge is -2.36. The van der Waals surface area contributed by atoms with Crippen LogP contribution in [0.25, 0.3) is 32.9 Å². The predicted molar refractivity (Wildman–Crippen MR) is 130 cm³/mol. The number of ether oxygens (including phenoxy) is 1. The Hall–Kier alpha value is -3.88. The summed E-state index contributed by atoms with van der Waals surface area (Å²) in [5, 5.41) is 1.85. The molecular weight excluding hydrogens is 452 g/mol. The summed E-state index contributed by atoms with van der Waals surface area (Å²) < 4.78 is 34.9. The normalized spacial score (nSPS) is 14.5. The van der Waals surface area contributed by atoms with E-state index in [9.17, 15) is 9.18 Å². The number of aromatic nitrogens is 3. The van der Waals surface area contributed by atoms with Crippen LogP contribution in [-0.2, 0) is 4.74 Å². The van der Waals surface area contributed by atoms with Crippen LogP contribution >= 0.6 is 0 Å². The molecule has 2 aromatic heterocycles. The van der Waals surface area contributed by atoms with Crippen molar-refractivity contribution in [2.75, 3.05) is 31.1 Å². The van der Waals surface area contributed by atoms with Gasteiger partial charge in [-0.05, 0) is 43.7 Å². The van der Waals surface area contributed by atoms with Crippen molar-refractivity contribution in [1.82, 2.24) is 19.9 Å². The summed E-state index contributed by atoms with van der Waals surface area (Å²) in [5.74, 6) is -0.349. The third-order valence-corrected chi connectivity index (χ3v) is 5.93. The highest BCUT2D eigenvalue weighted by Crippen LogP contribution is 2.34. The predicted octanol–water partition coefficient (Wildman–Crippen LogP) is 5.18. The molecule has 3 heterocycles. The van der Waals surface area contributed by atoms with Crippen LogP contribution in [0, 0.1) is 11.6 Å². The molecule has 0 radical (unpaired) electrons. The Morgan fingerprint density at radius 3 is 2.49 bits per heavy atom. The third kappa shape index (κ3) is 4.45. The Kier molecular flexibility index (Phi) is 5.70. The summed E-state index contributed by atoms with van der Waals surface area (Å²) in [5.41, 5.74) is 0.312. The highest BCUT2D eigenvalue weighted by molar-refractivity contribution is 5.98. The topological polar surface area (TPSA) is 71.5 Å². The standard InChI is InChI=1S/C26H25F2N5O2/c1-26(2,3)35-25(34)33-11-9-32(10-12-33)24-20-14-29-22(21(28)23(20)30-15-31-24)19-6-4-5-16-13-17(27)7-8-18(16)19/h4-8,13-15H,9-12H2,1-3H3. The highest BCUT2D eigenvalue weighted by atomic mass is 19.1. The molecule has 0 aliphatic carbocycles. The van der Waals surface area contributed by atoms with Gasteiger partial charge >= 0.3 is 6.09 Å². The molecule has 1 aliphatic heterocycles. The van der Waals surface area contributed by atoms with Crippen molar-refractivity contribution in [2.24, 2.45) is 0 Å². The van der Waals surface area contributed by atoms with Gasteiger partial charge in [0, 0.05) is 37.9 Å².